The highest BCUT2D eigenvalue weighted by molar-refractivity contribution is 7.14. The molecule has 6 nitrogen and oxygen atoms in total. The lowest BCUT2D eigenvalue weighted by Crippen LogP contribution is -2.47. The van der Waals surface area contributed by atoms with Crippen molar-refractivity contribution in [1.82, 2.24) is 4.98 Å². The Morgan fingerprint density at radius 3 is 2.25 bits per heavy atom. The Kier molecular flexibility index (Phi) is 4.93. The van der Waals surface area contributed by atoms with Crippen LogP contribution in [-0.2, 0) is 14.3 Å². The number of anilines is 1. The van der Waals surface area contributed by atoms with E-state index in [0.717, 1.165) is 11.3 Å². The minimum atomic E-state index is -0.944. The lowest BCUT2D eigenvalue weighted by Gasteiger charge is -2.50. The summed E-state index contributed by atoms with van der Waals surface area (Å²) in [4.78, 5) is 41.6. The zero-order chi connectivity index (χ0) is 22.5. The number of thiazole rings is 1. The van der Waals surface area contributed by atoms with Crippen LogP contribution in [0, 0.1) is 5.41 Å². The van der Waals surface area contributed by atoms with Gasteiger partial charge < -0.3 is 10.1 Å². The lowest BCUT2D eigenvalue weighted by molar-refractivity contribution is -0.137. The van der Waals surface area contributed by atoms with Crippen molar-refractivity contribution in [3.63, 3.8) is 0 Å². The van der Waals surface area contributed by atoms with Crippen LogP contribution in [0.15, 0.2) is 53.9 Å². The summed E-state index contributed by atoms with van der Waals surface area (Å²) in [6.45, 7) is 3.75. The SMILES string of the molecule is CCOC(=O)C(=O)c1csc(NC(=O)C2(C)CC3c4ccccc4C2c2ccccc23)n1. The molecule has 32 heavy (non-hydrogen) atoms. The third kappa shape index (κ3) is 3.07. The van der Waals surface area contributed by atoms with Crippen LogP contribution in [0.1, 0.15) is 64.8 Å². The molecule has 0 saturated carbocycles. The number of fused-ring (bicyclic) bond motifs is 1. The fourth-order valence-electron chi connectivity index (χ4n) is 5.17. The molecule has 3 aromatic rings. The molecule has 0 spiro atoms. The van der Waals surface area contributed by atoms with Gasteiger partial charge in [0.05, 0.1) is 12.0 Å². The van der Waals surface area contributed by atoms with Crippen molar-refractivity contribution in [2.24, 2.45) is 5.41 Å². The van der Waals surface area contributed by atoms with Crippen molar-refractivity contribution < 1.29 is 19.1 Å². The van der Waals surface area contributed by atoms with Crippen molar-refractivity contribution in [2.45, 2.75) is 32.1 Å². The molecule has 162 valence electrons. The summed E-state index contributed by atoms with van der Waals surface area (Å²) in [5.41, 5.74) is 4.27. The van der Waals surface area contributed by atoms with Crippen molar-refractivity contribution in [2.75, 3.05) is 11.9 Å². The third-order valence-electron chi connectivity index (χ3n) is 6.57. The van der Waals surface area contributed by atoms with Crippen LogP contribution < -0.4 is 5.32 Å². The molecule has 1 unspecified atom stereocenters. The summed E-state index contributed by atoms with van der Waals surface area (Å²) in [6.07, 6.45) is 0.692. The van der Waals surface area contributed by atoms with Gasteiger partial charge in [-0.05, 0) is 42.5 Å². The molecule has 2 aromatic carbocycles. The maximum Gasteiger partial charge on any atom is 0.381 e. The highest BCUT2D eigenvalue weighted by Crippen LogP contribution is 2.61. The van der Waals surface area contributed by atoms with Crippen LogP contribution in [0.4, 0.5) is 5.13 Å². The molecule has 1 amide bonds. The average molecular weight is 447 g/mol. The summed E-state index contributed by atoms with van der Waals surface area (Å²) in [6, 6.07) is 16.7. The zero-order valence-corrected chi connectivity index (χ0v) is 18.6. The van der Waals surface area contributed by atoms with E-state index in [2.05, 4.69) is 46.7 Å². The van der Waals surface area contributed by atoms with Gasteiger partial charge >= 0.3 is 5.97 Å². The first kappa shape index (κ1) is 20.6. The van der Waals surface area contributed by atoms with E-state index in [1.807, 2.05) is 19.1 Å². The molecular weight excluding hydrogens is 424 g/mol. The number of carbonyl (C=O) groups excluding carboxylic acids is 3. The number of benzene rings is 2. The third-order valence-corrected chi connectivity index (χ3v) is 7.32. The van der Waals surface area contributed by atoms with E-state index in [0.29, 0.717) is 11.6 Å². The highest BCUT2D eigenvalue weighted by atomic mass is 32.1. The van der Waals surface area contributed by atoms with Crippen LogP contribution in [0.2, 0.25) is 0 Å². The number of aromatic nitrogens is 1. The molecule has 6 rings (SSSR count). The van der Waals surface area contributed by atoms with Gasteiger partial charge in [0, 0.05) is 17.2 Å². The Morgan fingerprint density at radius 1 is 1.06 bits per heavy atom. The molecule has 1 heterocycles. The molecule has 3 aliphatic carbocycles. The monoisotopic (exact) mass is 446 g/mol. The van der Waals surface area contributed by atoms with Gasteiger partial charge in [0.2, 0.25) is 5.91 Å². The molecule has 3 aliphatic rings. The van der Waals surface area contributed by atoms with E-state index in [9.17, 15) is 14.4 Å². The number of esters is 1. The van der Waals surface area contributed by atoms with Gasteiger partial charge in [-0.15, -0.1) is 11.3 Å². The molecule has 0 saturated heterocycles. The van der Waals surface area contributed by atoms with Gasteiger partial charge in [0.25, 0.3) is 5.78 Å². The largest absolute Gasteiger partial charge is 0.460 e. The van der Waals surface area contributed by atoms with E-state index >= 15 is 0 Å². The molecule has 7 heteroatoms. The van der Waals surface area contributed by atoms with Crippen molar-refractivity contribution in [3.05, 3.63) is 81.9 Å². The van der Waals surface area contributed by atoms with Crippen LogP contribution in [0.3, 0.4) is 0 Å². The van der Waals surface area contributed by atoms with Gasteiger partial charge in [-0.25, -0.2) is 9.78 Å². The van der Waals surface area contributed by atoms with Crippen LogP contribution in [0.25, 0.3) is 0 Å². The number of carbonyl (C=O) groups is 3. The Hall–Kier alpha value is -3.32. The number of rotatable bonds is 5. The quantitative estimate of drug-likeness (QED) is 0.354. The first-order valence-electron chi connectivity index (χ1n) is 10.6. The van der Waals surface area contributed by atoms with E-state index < -0.39 is 17.2 Å². The molecule has 0 radical (unpaired) electrons. The van der Waals surface area contributed by atoms with E-state index in [4.69, 9.17) is 4.74 Å². The average Bonchev–Trinajstić information content (AvgIpc) is 3.27. The standard InChI is InChI=1S/C25H22N2O4S/c1-3-31-22(29)21(28)19-13-32-24(26-19)27-23(30)25(2)12-18-14-8-4-6-10-16(14)20(25)17-11-7-5-9-15(17)18/h4-11,13,18,20H,3,12H2,1-2H3,(H,26,27,30). The van der Waals surface area contributed by atoms with Gasteiger partial charge in [-0.1, -0.05) is 48.5 Å². The molecule has 1 atom stereocenters. The fraction of sp³-hybridized carbons (Fsp3) is 0.280. The summed E-state index contributed by atoms with van der Waals surface area (Å²) >= 11 is 1.12. The first-order valence-corrected chi connectivity index (χ1v) is 11.5. The predicted molar refractivity (Wildman–Crippen MR) is 121 cm³/mol. The first-order chi connectivity index (χ1) is 15.4. The van der Waals surface area contributed by atoms with Crippen molar-refractivity contribution in [3.8, 4) is 0 Å². The highest BCUT2D eigenvalue weighted by Gasteiger charge is 2.54. The number of nitrogens with one attached hydrogen (secondary N) is 1. The Morgan fingerprint density at radius 2 is 1.66 bits per heavy atom. The second-order valence-electron chi connectivity index (χ2n) is 8.41. The Labute approximate surface area is 189 Å². The van der Waals surface area contributed by atoms with Gasteiger partial charge in [-0.2, -0.15) is 0 Å². The predicted octanol–water partition coefficient (Wildman–Crippen LogP) is 4.51. The number of hydrogen-bond donors (Lipinski definition) is 1. The van der Waals surface area contributed by atoms with Crippen LogP contribution in [-0.4, -0.2) is 29.3 Å². The second kappa shape index (κ2) is 7.67. The van der Waals surface area contributed by atoms with Crippen LogP contribution >= 0.6 is 11.3 Å². The number of amides is 1. The topological polar surface area (TPSA) is 85.4 Å². The smallest absolute Gasteiger partial charge is 0.381 e. The number of ether oxygens (including phenoxy) is 1. The summed E-state index contributed by atoms with van der Waals surface area (Å²) in [7, 11) is 0. The second-order valence-corrected chi connectivity index (χ2v) is 9.26. The van der Waals surface area contributed by atoms with E-state index in [-0.39, 0.29) is 30.0 Å². The maximum atomic E-state index is 13.6. The lowest BCUT2D eigenvalue weighted by atomic mass is 9.52. The number of ketones is 1. The Balaban J connectivity index is 1.45. The minimum Gasteiger partial charge on any atom is -0.460 e. The van der Waals surface area contributed by atoms with E-state index in [1.165, 1.54) is 27.6 Å². The number of Topliss-reactive ketones (excluding diaryl/α,β-unsaturated/α-hetero) is 1. The minimum absolute atomic E-state index is 0.0187. The molecular formula is C25H22N2O4S. The maximum absolute atomic E-state index is 13.6. The molecule has 1 aromatic heterocycles. The van der Waals surface area contributed by atoms with Crippen molar-refractivity contribution >= 4 is 34.1 Å². The summed E-state index contributed by atoms with van der Waals surface area (Å²) in [5, 5.41) is 4.67. The number of hydrogen-bond acceptors (Lipinski definition) is 6. The number of nitrogens with zero attached hydrogens (tertiary/aromatic N) is 1. The van der Waals surface area contributed by atoms with Crippen LogP contribution in [0.5, 0.6) is 0 Å². The van der Waals surface area contributed by atoms with Gasteiger partial charge in [0.15, 0.2) is 5.13 Å². The molecule has 1 N–H and O–H groups in total. The normalized spacial score (nSPS) is 22.6. The summed E-state index contributed by atoms with van der Waals surface area (Å²) < 4.78 is 4.75. The zero-order valence-electron chi connectivity index (χ0n) is 17.8. The Bertz CT molecular complexity index is 1200. The molecule has 0 aliphatic heterocycles. The van der Waals surface area contributed by atoms with Gasteiger partial charge in [-0.3, -0.25) is 9.59 Å². The summed E-state index contributed by atoms with van der Waals surface area (Å²) in [5.74, 6) is -1.81. The van der Waals surface area contributed by atoms with Gasteiger partial charge in [0.1, 0.15) is 5.69 Å². The molecule has 2 bridgehead atoms. The molecule has 0 fully saturated rings. The van der Waals surface area contributed by atoms with Crippen molar-refractivity contribution in [1.29, 1.82) is 0 Å². The fourth-order valence-corrected chi connectivity index (χ4v) is 5.85. The van der Waals surface area contributed by atoms with E-state index in [1.54, 1.807) is 6.92 Å².